The van der Waals surface area contributed by atoms with Crippen molar-refractivity contribution in [3.8, 4) is 22.8 Å². The van der Waals surface area contributed by atoms with Gasteiger partial charge < -0.3 is 44.3 Å². The minimum absolute atomic E-state index is 0.0829. The van der Waals surface area contributed by atoms with Crippen molar-refractivity contribution in [2.75, 3.05) is 41.9 Å². The highest BCUT2D eigenvalue weighted by Gasteiger charge is 2.37. The number of halogens is 2. The van der Waals surface area contributed by atoms with E-state index in [0.29, 0.717) is 40.1 Å². The van der Waals surface area contributed by atoms with Crippen molar-refractivity contribution >= 4 is 52.7 Å². The quantitative estimate of drug-likeness (QED) is 0.125. The van der Waals surface area contributed by atoms with Gasteiger partial charge in [-0.15, -0.1) is 0 Å². The van der Waals surface area contributed by atoms with Crippen LogP contribution in [0.25, 0.3) is 11.3 Å². The maximum atomic E-state index is 15.1. The predicted molar refractivity (Wildman–Crippen MR) is 276 cm³/mol. The van der Waals surface area contributed by atoms with Crippen LogP contribution in [0.4, 0.5) is 0 Å². The van der Waals surface area contributed by atoms with Gasteiger partial charge in [0.15, 0.2) is 0 Å². The van der Waals surface area contributed by atoms with Crippen molar-refractivity contribution in [1.29, 1.82) is 0 Å². The first-order chi connectivity index (χ1) is 33.8. The average Bonchev–Trinajstić information content (AvgIpc) is 3.70. The molecule has 0 unspecified atom stereocenters. The molecule has 1 aliphatic rings. The third-order valence-corrected chi connectivity index (χ3v) is 13.8. The molecule has 0 spiro atoms. The molecule has 1 saturated heterocycles. The van der Waals surface area contributed by atoms with Gasteiger partial charge in [-0.2, -0.15) is 0 Å². The van der Waals surface area contributed by atoms with E-state index in [2.05, 4.69) is 20.5 Å². The van der Waals surface area contributed by atoms with Gasteiger partial charge in [-0.1, -0.05) is 71.7 Å². The lowest BCUT2D eigenvalue weighted by Gasteiger charge is -2.36. The number of aromatic nitrogens is 2. The van der Waals surface area contributed by atoms with Crippen molar-refractivity contribution in [1.82, 2.24) is 39.8 Å². The number of nitrogens with zero attached hydrogens (tertiary/aromatic N) is 6. The molecule has 0 saturated carbocycles. The Hall–Kier alpha value is -6.26. The van der Waals surface area contributed by atoms with Gasteiger partial charge in [0.2, 0.25) is 29.5 Å². The van der Waals surface area contributed by atoms with Crippen LogP contribution in [0.1, 0.15) is 56.1 Å². The number of amides is 5. The molecule has 378 valence electrons. The van der Waals surface area contributed by atoms with Gasteiger partial charge in [0.25, 0.3) is 0 Å². The molecule has 2 heterocycles. The molecule has 4 aromatic carbocycles. The number of methoxy groups -OCH3 is 1. The predicted octanol–water partition coefficient (Wildman–Crippen LogP) is 7.17. The summed E-state index contributed by atoms with van der Waals surface area (Å²) >= 11 is 12.8. The van der Waals surface area contributed by atoms with Crippen LogP contribution in [0, 0.1) is 5.92 Å². The van der Waals surface area contributed by atoms with E-state index >= 15 is 4.79 Å². The van der Waals surface area contributed by atoms with E-state index in [4.69, 9.17) is 32.7 Å². The lowest BCUT2D eigenvalue weighted by atomic mass is 9.92. The second kappa shape index (κ2) is 24.7. The Kier molecular flexibility index (Phi) is 18.8. The fourth-order valence-electron chi connectivity index (χ4n) is 8.73. The van der Waals surface area contributed by atoms with E-state index in [-0.39, 0.29) is 44.2 Å². The largest absolute Gasteiger partial charge is 0.457 e. The van der Waals surface area contributed by atoms with Crippen LogP contribution in [0.5, 0.6) is 11.5 Å². The van der Waals surface area contributed by atoms with E-state index < -0.39 is 53.8 Å². The Morgan fingerprint density at radius 3 is 2.08 bits per heavy atom. The van der Waals surface area contributed by atoms with Gasteiger partial charge in [-0.25, -0.2) is 4.98 Å². The Bertz CT molecular complexity index is 2630. The lowest BCUT2D eigenvalue weighted by Crippen LogP contribution is -2.58. The van der Waals surface area contributed by atoms with Crippen molar-refractivity contribution in [2.24, 2.45) is 13.0 Å². The zero-order valence-corrected chi connectivity index (χ0v) is 43.5. The molecule has 0 radical (unpaired) electrons. The van der Waals surface area contributed by atoms with Gasteiger partial charge in [0.05, 0.1) is 37.5 Å². The second-order valence-electron chi connectivity index (χ2n) is 18.7. The number of likely N-dealkylation sites (N-methyl/N-ethyl adjacent to an activating group) is 2. The Morgan fingerprint density at radius 1 is 0.761 bits per heavy atom. The highest BCUT2D eigenvalue weighted by molar-refractivity contribution is 6.31. The molecule has 1 fully saturated rings. The number of benzene rings is 4. The Labute approximate surface area is 427 Å². The molecular weight excluding hydrogens is 944 g/mol. The molecule has 5 amide bonds. The van der Waals surface area contributed by atoms with E-state index in [9.17, 15) is 19.2 Å². The lowest BCUT2D eigenvalue weighted by molar-refractivity contribution is -0.147. The van der Waals surface area contributed by atoms with Crippen molar-refractivity contribution in [3.63, 3.8) is 0 Å². The van der Waals surface area contributed by atoms with Crippen molar-refractivity contribution in [3.05, 3.63) is 136 Å². The minimum Gasteiger partial charge on any atom is -0.457 e. The molecular formula is C54H66Cl2N8O7. The summed E-state index contributed by atoms with van der Waals surface area (Å²) in [6.45, 7) is 5.60. The van der Waals surface area contributed by atoms with E-state index in [0.717, 1.165) is 28.2 Å². The van der Waals surface area contributed by atoms with E-state index in [1.807, 2.05) is 112 Å². The molecule has 5 aromatic rings. The third kappa shape index (κ3) is 14.2. The number of imidazole rings is 1. The molecule has 17 heteroatoms. The first kappa shape index (κ1) is 54.1. The Balaban J connectivity index is 1.37. The normalized spacial score (nSPS) is 21.2. The first-order valence-electron chi connectivity index (χ1n) is 23.7. The molecule has 6 atom stereocenters. The standard InChI is InChI=1S/C54H66Cl2N8O7/c1-34-35(2)61(6)53(68)41(25-37-13-11-10-12-14-37)27-51(66)64(31-40-17-22-43(56)28-48(40)71-45-23-18-39(19-24-45)47-30-57-49(63(47)8)32-60(4)5)36(3)52(67)59-46(33-70-9)54(69)62(7)44(29-50(65)58-34)26-38-15-20-42(55)21-16-38/h10-24,28,30,34-36,41,44,46H,25-27,29,31-33H2,1-9H3,(H,58,65)(H,59,67)/t34-,35-,36-,41+,44-,46-/m0/s1. The van der Waals surface area contributed by atoms with Crippen molar-refractivity contribution in [2.45, 2.75) is 89.8 Å². The monoisotopic (exact) mass is 1010 g/mol. The summed E-state index contributed by atoms with van der Waals surface area (Å²) in [6.07, 6.45) is 2.00. The summed E-state index contributed by atoms with van der Waals surface area (Å²) in [7, 11) is 10.6. The number of hydrogen-bond donors (Lipinski definition) is 2. The van der Waals surface area contributed by atoms with Crippen LogP contribution >= 0.6 is 23.2 Å². The van der Waals surface area contributed by atoms with E-state index in [1.165, 1.54) is 16.9 Å². The minimum atomic E-state index is -1.20. The summed E-state index contributed by atoms with van der Waals surface area (Å²) in [5.74, 6) is -1.36. The molecule has 2 N–H and O–H groups in total. The van der Waals surface area contributed by atoms with Crippen LogP contribution in [-0.4, -0.2) is 131 Å². The second-order valence-corrected chi connectivity index (χ2v) is 19.6. The van der Waals surface area contributed by atoms with Crippen molar-refractivity contribution < 1.29 is 33.4 Å². The van der Waals surface area contributed by atoms with Gasteiger partial charge in [-0.3, -0.25) is 24.0 Å². The van der Waals surface area contributed by atoms with Crippen LogP contribution < -0.4 is 15.4 Å². The van der Waals surface area contributed by atoms with Gasteiger partial charge >= 0.3 is 0 Å². The molecule has 0 bridgehead atoms. The summed E-state index contributed by atoms with van der Waals surface area (Å²) in [5.41, 5.74) is 4.08. The third-order valence-electron chi connectivity index (χ3n) is 13.3. The molecule has 15 nitrogen and oxygen atoms in total. The van der Waals surface area contributed by atoms with E-state index in [1.54, 1.807) is 56.3 Å². The van der Waals surface area contributed by atoms with Crippen LogP contribution in [0.2, 0.25) is 10.0 Å². The molecule has 71 heavy (non-hydrogen) atoms. The number of carbonyl (C=O) groups is 5. The molecule has 1 aromatic heterocycles. The summed E-state index contributed by atoms with van der Waals surface area (Å²) in [6, 6.07) is 25.1. The smallest absolute Gasteiger partial charge is 0.247 e. The van der Waals surface area contributed by atoms with Gasteiger partial charge in [0, 0.05) is 80.4 Å². The average molecular weight is 1010 g/mol. The number of carbonyl (C=O) groups excluding carboxylic acids is 5. The Morgan fingerprint density at radius 2 is 1.42 bits per heavy atom. The summed E-state index contributed by atoms with van der Waals surface area (Å²) in [5, 5.41) is 6.85. The topological polar surface area (TPSA) is 159 Å². The maximum Gasteiger partial charge on any atom is 0.247 e. The summed E-state index contributed by atoms with van der Waals surface area (Å²) in [4.78, 5) is 84.0. The highest BCUT2D eigenvalue weighted by Crippen LogP contribution is 2.33. The molecule has 6 rings (SSSR count). The van der Waals surface area contributed by atoms with Crippen LogP contribution in [0.3, 0.4) is 0 Å². The summed E-state index contributed by atoms with van der Waals surface area (Å²) < 4.78 is 14.0. The van der Waals surface area contributed by atoms with Crippen LogP contribution in [0.15, 0.2) is 103 Å². The maximum absolute atomic E-state index is 15.1. The first-order valence-corrected chi connectivity index (χ1v) is 24.5. The number of ether oxygens (including phenoxy) is 2. The zero-order chi connectivity index (χ0) is 51.5. The highest BCUT2D eigenvalue weighted by atomic mass is 35.5. The fraction of sp³-hybridized carbons (Fsp3) is 0.407. The number of nitrogens with one attached hydrogen (secondary N) is 2. The zero-order valence-electron chi connectivity index (χ0n) is 42.0. The fourth-order valence-corrected chi connectivity index (χ4v) is 9.02. The molecule has 0 aliphatic carbocycles. The number of hydrogen-bond acceptors (Lipinski definition) is 9. The number of rotatable bonds is 13. The van der Waals surface area contributed by atoms with Gasteiger partial charge in [-0.05, 0) is 107 Å². The SMILES string of the molecule is COC[C@@H]1NC(=O)[C@H](C)N(Cc2ccc(Cl)cc2Oc2ccc(-c3cnc(CN(C)C)n3C)cc2)C(=O)C[C@@H](Cc2ccccc2)C(=O)N(C)[C@@H](C)[C@H](C)NC(=O)C[C@H](Cc2ccc(Cl)cc2)N(C)C1=O. The van der Waals surface area contributed by atoms with Gasteiger partial charge in [0.1, 0.15) is 29.4 Å². The molecule has 1 aliphatic heterocycles. The van der Waals surface area contributed by atoms with Crippen LogP contribution in [-0.2, 0) is 61.7 Å².